The third-order valence-electron chi connectivity index (χ3n) is 3.94. The largest absolute Gasteiger partial charge is 0.393 e. The van der Waals surface area contributed by atoms with Gasteiger partial charge in [0.2, 0.25) is 0 Å². The van der Waals surface area contributed by atoms with E-state index in [0.717, 1.165) is 42.6 Å². The first-order valence-electron chi connectivity index (χ1n) is 7.73. The number of aliphatic hydroxyl groups excluding tert-OH is 1. The maximum Gasteiger partial charge on any atom is 0.145 e. The minimum atomic E-state index is -0.164. The van der Waals surface area contributed by atoms with Crippen molar-refractivity contribution >= 4 is 17.4 Å². The van der Waals surface area contributed by atoms with E-state index in [-0.39, 0.29) is 6.10 Å². The fourth-order valence-corrected chi connectivity index (χ4v) is 2.75. The van der Waals surface area contributed by atoms with Crippen LogP contribution in [0.25, 0.3) is 0 Å². The Bertz CT molecular complexity index is 713. The zero-order valence-electron chi connectivity index (χ0n) is 12.7. The van der Waals surface area contributed by atoms with Crippen LogP contribution in [0, 0.1) is 11.8 Å². The zero-order valence-corrected chi connectivity index (χ0v) is 13.4. The maximum absolute atomic E-state index is 9.59. The van der Waals surface area contributed by atoms with E-state index in [1.807, 2.05) is 24.3 Å². The molecule has 0 radical (unpaired) electrons. The number of halogens is 1. The maximum atomic E-state index is 9.59. The predicted molar refractivity (Wildman–Crippen MR) is 91.3 cm³/mol. The molecule has 4 nitrogen and oxygen atoms in total. The fourth-order valence-electron chi connectivity index (χ4n) is 2.62. The van der Waals surface area contributed by atoms with Crippen molar-refractivity contribution in [3.8, 4) is 11.8 Å². The summed E-state index contributed by atoms with van der Waals surface area (Å²) in [6.07, 6.45) is 6.61. The molecule has 0 aliphatic heterocycles. The predicted octanol–water partition coefficient (Wildman–Crippen LogP) is 3.25. The first kappa shape index (κ1) is 15.8. The monoisotopic (exact) mass is 327 g/mol. The lowest BCUT2D eigenvalue weighted by Gasteiger charge is -2.26. The number of hydrogen-bond acceptors (Lipinski definition) is 4. The van der Waals surface area contributed by atoms with Gasteiger partial charge in [-0.3, -0.25) is 0 Å². The van der Waals surface area contributed by atoms with E-state index in [0.29, 0.717) is 11.1 Å². The smallest absolute Gasteiger partial charge is 0.145 e. The van der Waals surface area contributed by atoms with Gasteiger partial charge < -0.3 is 10.4 Å². The molecule has 2 N–H and O–H groups in total. The Hall–Kier alpha value is -2.09. The van der Waals surface area contributed by atoms with Crippen molar-refractivity contribution in [1.29, 1.82) is 0 Å². The third-order valence-corrected chi connectivity index (χ3v) is 4.19. The molecule has 3 rings (SSSR count). The summed E-state index contributed by atoms with van der Waals surface area (Å²) in [5, 5.41) is 13.7. The zero-order chi connectivity index (χ0) is 16.1. The lowest BCUT2D eigenvalue weighted by atomic mass is 9.93. The van der Waals surface area contributed by atoms with Crippen LogP contribution in [-0.2, 0) is 0 Å². The van der Waals surface area contributed by atoms with Crippen molar-refractivity contribution in [3.63, 3.8) is 0 Å². The normalized spacial score (nSPS) is 20.4. The molecular weight excluding hydrogens is 310 g/mol. The quantitative estimate of drug-likeness (QED) is 0.831. The highest BCUT2D eigenvalue weighted by molar-refractivity contribution is 6.30. The number of anilines is 1. The molecule has 0 saturated heterocycles. The first-order chi connectivity index (χ1) is 11.2. The second-order valence-electron chi connectivity index (χ2n) is 5.69. The molecule has 0 bridgehead atoms. The summed E-state index contributed by atoms with van der Waals surface area (Å²) in [4.78, 5) is 8.37. The Labute approximate surface area is 140 Å². The van der Waals surface area contributed by atoms with Crippen LogP contribution in [0.4, 0.5) is 5.82 Å². The molecule has 0 unspecified atom stereocenters. The lowest BCUT2D eigenvalue weighted by molar-refractivity contribution is 0.126. The molecule has 1 aromatic heterocycles. The van der Waals surface area contributed by atoms with Crippen molar-refractivity contribution in [2.45, 2.75) is 37.8 Å². The highest BCUT2D eigenvalue weighted by Crippen LogP contribution is 2.22. The molecule has 118 valence electrons. The topological polar surface area (TPSA) is 58.0 Å². The molecule has 1 heterocycles. The van der Waals surface area contributed by atoms with Crippen LogP contribution < -0.4 is 5.32 Å². The molecule has 2 aromatic rings. The molecular formula is C18H18ClN3O. The molecule has 5 heteroatoms. The van der Waals surface area contributed by atoms with Gasteiger partial charge in [-0.1, -0.05) is 23.4 Å². The molecule has 1 saturated carbocycles. The summed E-state index contributed by atoms with van der Waals surface area (Å²) in [5.41, 5.74) is 1.67. The van der Waals surface area contributed by atoms with Gasteiger partial charge in [-0.25, -0.2) is 9.97 Å². The molecule has 0 amide bonds. The van der Waals surface area contributed by atoms with Crippen LogP contribution in [-0.4, -0.2) is 27.2 Å². The van der Waals surface area contributed by atoms with Crippen LogP contribution in [0.1, 0.15) is 36.8 Å². The summed E-state index contributed by atoms with van der Waals surface area (Å²) in [6.45, 7) is 0. The fraction of sp³-hybridized carbons (Fsp3) is 0.333. The van der Waals surface area contributed by atoms with E-state index in [1.165, 1.54) is 6.33 Å². The molecule has 1 aliphatic rings. The number of nitrogens with one attached hydrogen (secondary N) is 1. The van der Waals surface area contributed by atoms with Crippen LogP contribution in [0.5, 0.6) is 0 Å². The Kier molecular flexibility index (Phi) is 5.12. The molecule has 23 heavy (non-hydrogen) atoms. The van der Waals surface area contributed by atoms with Gasteiger partial charge >= 0.3 is 0 Å². The molecule has 1 aliphatic carbocycles. The summed E-state index contributed by atoms with van der Waals surface area (Å²) in [5.74, 6) is 6.97. The number of nitrogens with zero attached hydrogens (tertiary/aromatic N) is 2. The Morgan fingerprint density at radius 2 is 1.83 bits per heavy atom. The van der Waals surface area contributed by atoms with Crippen molar-refractivity contribution < 1.29 is 5.11 Å². The highest BCUT2D eigenvalue weighted by atomic mass is 35.5. The molecule has 1 fully saturated rings. The number of benzene rings is 1. The number of aliphatic hydroxyl groups is 1. The van der Waals surface area contributed by atoms with Crippen LogP contribution in [0.2, 0.25) is 5.02 Å². The lowest BCUT2D eigenvalue weighted by Crippen LogP contribution is -2.28. The van der Waals surface area contributed by atoms with E-state index in [4.69, 9.17) is 11.6 Å². The summed E-state index contributed by atoms with van der Waals surface area (Å²) in [7, 11) is 0. The standard InChI is InChI=1S/C18H18ClN3O/c19-15-5-2-13(3-6-15)1-4-14-11-20-12-21-18(14)22-16-7-9-17(23)10-8-16/h2-3,5-6,11-12,16-17,23H,7-10H2,(H,20,21,22). The minimum Gasteiger partial charge on any atom is -0.393 e. The van der Waals surface area contributed by atoms with Crippen molar-refractivity contribution in [3.05, 3.63) is 52.9 Å². The van der Waals surface area contributed by atoms with Gasteiger partial charge in [-0.05, 0) is 49.9 Å². The van der Waals surface area contributed by atoms with Gasteiger partial charge in [0.1, 0.15) is 12.1 Å². The van der Waals surface area contributed by atoms with Gasteiger partial charge in [-0.15, -0.1) is 0 Å². The third kappa shape index (κ3) is 4.44. The van der Waals surface area contributed by atoms with Crippen LogP contribution in [0.3, 0.4) is 0 Å². The molecule has 1 aromatic carbocycles. The summed E-state index contributed by atoms with van der Waals surface area (Å²) in [6, 6.07) is 7.73. The Morgan fingerprint density at radius 1 is 1.09 bits per heavy atom. The van der Waals surface area contributed by atoms with E-state index >= 15 is 0 Å². The van der Waals surface area contributed by atoms with Gasteiger partial charge in [0.05, 0.1) is 11.7 Å². The Balaban J connectivity index is 1.74. The van der Waals surface area contributed by atoms with Crippen LogP contribution in [0.15, 0.2) is 36.8 Å². The van der Waals surface area contributed by atoms with Gasteiger partial charge in [-0.2, -0.15) is 0 Å². The minimum absolute atomic E-state index is 0.164. The summed E-state index contributed by atoms with van der Waals surface area (Å²) >= 11 is 5.88. The number of aromatic nitrogens is 2. The van der Waals surface area contributed by atoms with Crippen molar-refractivity contribution in [2.24, 2.45) is 0 Å². The average molecular weight is 328 g/mol. The SMILES string of the molecule is OC1CCC(Nc2ncncc2C#Cc2ccc(Cl)cc2)CC1. The second-order valence-corrected chi connectivity index (χ2v) is 6.13. The van der Waals surface area contributed by atoms with E-state index in [2.05, 4.69) is 27.1 Å². The first-order valence-corrected chi connectivity index (χ1v) is 8.11. The van der Waals surface area contributed by atoms with E-state index < -0.39 is 0 Å². The molecule has 0 atom stereocenters. The average Bonchev–Trinajstić information content (AvgIpc) is 2.58. The number of hydrogen-bond donors (Lipinski definition) is 2. The molecule has 0 spiro atoms. The van der Waals surface area contributed by atoms with Crippen LogP contribution >= 0.6 is 11.6 Å². The highest BCUT2D eigenvalue weighted by Gasteiger charge is 2.20. The van der Waals surface area contributed by atoms with Gasteiger partial charge in [0.25, 0.3) is 0 Å². The van der Waals surface area contributed by atoms with E-state index in [9.17, 15) is 5.11 Å². The Morgan fingerprint density at radius 3 is 2.57 bits per heavy atom. The number of rotatable bonds is 2. The van der Waals surface area contributed by atoms with E-state index in [1.54, 1.807) is 6.20 Å². The van der Waals surface area contributed by atoms with Crippen molar-refractivity contribution in [2.75, 3.05) is 5.32 Å². The summed E-state index contributed by atoms with van der Waals surface area (Å²) < 4.78 is 0. The van der Waals surface area contributed by atoms with Crippen molar-refractivity contribution in [1.82, 2.24) is 9.97 Å². The van der Waals surface area contributed by atoms with Gasteiger partial charge in [0.15, 0.2) is 0 Å². The van der Waals surface area contributed by atoms with Gasteiger partial charge in [0, 0.05) is 22.8 Å². The second kappa shape index (κ2) is 7.45.